The first kappa shape index (κ1) is 17.2. The Kier molecular flexibility index (Phi) is 5.15. The number of hydrogen-bond acceptors (Lipinski definition) is 6. The number of methoxy groups -OCH3 is 1. The summed E-state index contributed by atoms with van der Waals surface area (Å²) in [6, 6.07) is 2.75. The quantitative estimate of drug-likeness (QED) is 0.556. The van der Waals surface area contributed by atoms with Gasteiger partial charge in [0, 0.05) is 12.1 Å². The van der Waals surface area contributed by atoms with Crippen LogP contribution in [0.1, 0.15) is 0 Å². The van der Waals surface area contributed by atoms with Gasteiger partial charge in [-0.25, -0.2) is 21.9 Å². The van der Waals surface area contributed by atoms with Crippen LogP contribution in [0, 0.1) is 10.1 Å². The predicted molar refractivity (Wildman–Crippen MR) is 66.9 cm³/mol. The molecule has 21 heavy (non-hydrogen) atoms. The molecule has 0 fully saturated rings. The number of ether oxygens (including phenoxy) is 1. The minimum absolute atomic E-state index is 0.236. The Labute approximate surface area is 118 Å². The number of halogens is 2. The lowest BCUT2D eigenvalue weighted by molar-refractivity contribution is -0.385. The number of aliphatic hydroxyl groups is 1. The smallest absolute Gasteiger partial charge is 0.283 e. The molecule has 0 aliphatic rings. The summed E-state index contributed by atoms with van der Waals surface area (Å²) in [6.45, 7) is -2.89. The second kappa shape index (κ2) is 6.28. The van der Waals surface area contributed by atoms with Crippen LogP contribution in [0.4, 0.5) is 14.5 Å². The van der Waals surface area contributed by atoms with Crippen molar-refractivity contribution in [2.75, 3.05) is 20.3 Å². The van der Waals surface area contributed by atoms with Crippen molar-refractivity contribution in [3.63, 3.8) is 0 Å². The molecular weight excluding hydrogens is 314 g/mol. The maximum atomic E-state index is 12.9. The Balaban J connectivity index is 3.17. The summed E-state index contributed by atoms with van der Waals surface area (Å²) in [5.41, 5.74) is -0.537. The third kappa shape index (κ3) is 4.31. The molecule has 1 aromatic carbocycles. The molecule has 0 aliphatic carbocycles. The topological polar surface area (TPSA) is 119 Å². The molecule has 0 bridgehead atoms. The van der Waals surface area contributed by atoms with Gasteiger partial charge in [0.25, 0.3) is 11.6 Å². The third-order valence-electron chi connectivity index (χ3n) is 2.40. The summed E-state index contributed by atoms with van der Waals surface area (Å²) in [7, 11) is -3.35. The Bertz CT molecular complexity index is 634. The molecule has 11 heteroatoms. The number of hydrogen-bond donors (Lipinski definition) is 2. The second-order valence-corrected chi connectivity index (χ2v) is 5.67. The number of sulfonamides is 1. The summed E-state index contributed by atoms with van der Waals surface area (Å²) in [5.74, 6) is -3.89. The normalized spacial score (nSPS) is 12.2. The molecule has 118 valence electrons. The van der Waals surface area contributed by atoms with Gasteiger partial charge >= 0.3 is 0 Å². The number of nitrogens with one attached hydrogen (secondary N) is 1. The van der Waals surface area contributed by atoms with Crippen LogP contribution in [-0.2, 0) is 10.0 Å². The molecule has 0 unspecified atom stereocenters. The molecule has 1 rings (SSSR count). The van der Waals surface area contributed by atoms with Crippen molar-refractivity contribution in [3.8, 4) is 5.75 Å². The van der Waals surface area contributed by atoms with E-state index >= 15 is 0 Å². The maximum absolute atomic E-state index is 12.9. The lowest BCUT2D eigenvalue weighted by Crippen LogP contribution is -2.39. The zero-order valence-electron chi connectivity index (χ0n) is 10.7. The monoisotopic (exact) mass is 326 g/mol. The van der Waals surface area contributed by atoms with Gasteiger partial charge in [-0.2, -0.15) is 0 Å². The van der Waals surface area contributed by atoms with E-state index in [2.05, 4.69) is 0 Å². The van der Waals surface area contributed by atoms with E-state index in [1.54, 1.807) is 4.72 Å². The highest BCUT2D eigenvalue weighted by atomic mass is 32.2. The molecule has 0 saturated carbocycles. The van der Waals surface area contributed by atoms with Crippen molar-refractivity contribution < 1.29 is 32.0 Å². The lowest BCUT2D eigenvalue weighted by Gasteiger charge is -2.15. The van der Waals surface area contributed by atoms with Gasteiger partial charge in [0.05, 0.1) is 18.6 Å². The van der Waals surface area contributed by atoms with Crippen molar-refractivity contribution in [1.82, 2.24) is 4.72 Å². The fourth-order valence-electron chi connectivity index (χ4n) is 1.32. The van der Waals surface area contributed by atoms with Gasteiger partial charge in [0.15, 0.2) is 0 Å². The van der Waals surface area contributed by atoms with Crippen LogP contribution in [0.15, 0.2) is 23.1 Å². The van der Waals surface area contributed by atoms with E-state index in [4.69, 9.17) is 9.84 Å². The standard InChI is InChI=1S/C10H12F2N2O6S/c1-20-8-3-2-7(14(16)17)4-9(8)21(18,19)13-5-10(11,12)6-15/h2-4,13,15H,5-6H2,1H3. The first-order valence-electron chi connectivity index (χ1n) is 5.44. The van der Waals surface area contributed by atoms with E-state index in [9.17, 15) is 27.3 Å². The van der Waals surface area contributed by atoms with E-state index in [-0.39, 0.29) is 5.75 Å². The molecule has 0 heterocycles. The molecule has 0 aromatic heterocycles. The van der Waals surface area contributed by atoms with E-state index in [0.717, 1.165) is 19.2 Å². The number of alkyl halides is 2. The summed E-state index contributed by atoms with van der Waals surface area (Å²) < 4.78 is 55.9. The summed E-state index contributed by atoms with van der Waals surface area (Å²) in [4.78, 5) is 9.16. The Morgan fingerprint density at radius 1 is 1.48 bits per heavy atom. The molecule has 8 nitrogen and oxygen atoms in total. The highest BCUT2D eigenvalue weighted by Crippen LogP contribution is 2.28. The molecule has 0 aliphatic heterocycles. The number of non-ortho nitro benzene ring substituents is 1. The fourth-order valence-corrected chi connectivity index (χ4v) is 2.57. The van der Waals surface area contributed by atoms with Gasteiger partial charge in [-0.3, -0.25) is 10.1 Å². The Hall–Kier alpha value is -1.85. The summed E-state index contributed by atoms with van der Waals surface area (Å²) in [5, 5.41) is 19.0. The molecule has 0 saturated heterocycles. The first-order valence-corrected chi connectivity index (χ1v) is 6.92. The fraction of sp³-hybridized carbons (Fsp3) is 0.400. The average Bonchev–Trinajstić information content (AvgIpc) is 2.44. The Morgan fingerprint density at radius 2 is 2.10 bits per heavy atom. The van der Waals surface area contributed by atoms with Crippen LogP contribution in [0.2, 0.25) is 0 Å². The van der Waals surface area contributed by atoms with Crippen LogP contribution in [0.25, 0.3) is 0 Å². The first-order chi connectivity index (χ1) is 9.63. The highest BCUT2D eigenvalue weighted by Gasteiger charge is 2.31. The van der Waals surface area contributed by atoms with E-state index in [1.807, 2.05) is 0 Å². The Morgan fingerprint density at radius 3 is 2.57 bits per heavy atom. The molecule has 0 spiro atoms. The number of nitro benzene ring substituents is 1. The largest absolute Gasteiger partial charge is 0.495 e. The van der Waals surface area contributed by atoms with E-state index in [1.165, 1.54) is 0 Å². The predicted octanol–water partition coefficient (Wildman–Crippen LogP) is 0.509. The van der Waals surface area contributed by atoms with E-state index < -0.39 is 44.6 Å². The molecule has 0 radical (unpaired) electrons. The second-order valence-electron chi connectivity index (χ2n) is 3.93. The molecule has 1 aromatic rings. The van der Waals surface area contributed by atoms with Crippen molar-refractivity contribution in [1.29, 1.82) is 0 Å². The molecular formula is C10H12F2N2O6S. The van der Waals surface area contributed by atoms with E-state index in [0.29, 0.717) is 6.07 Å². The SMILES string of the molecule is COc1ccc([N+](=O)[O-])cc1S(=O)(=O)NCC(F)(F)CO. The minimum Gasteiger partial charge on any atom is -0.495 e. The van der Waals surface area contributed by atoms with Gasteiger partial charge < -0.3 is 9.84 Å². The molecule has 0 amide bonds. The maximum Gasteiger partial charge on any atom is 0.283 e. The zero-order chi connectivity index (χ0) is 16.3. The van der Waals surface area contributed by atoms with Gasteiger partial charge in [-0.05, 0) is 6.07 Å². The average molecular weight is 326 g/mol. The molecule has 2 N–H and O–H groups in total. The summed E-state index contributed by atoms with van der Waals surface area (Å²) in [6.07, 6.45) is 0. The van der Waals surface area contributed by atoms with Gasteiger partial charge in [0.2, 0.25) is 10.0 Å². The number of aliphatic hydroxyl groups excluding tert-OH is 1. The van der Waals surface area contributed by atoms with Crippen molar-refractivity contribution in [3.05, 3.63) is 28.3 Å². The van der Waals surface area contributed by atoms with Crippen LogP contribution in [0.5, 0.6) is 5.75 Å². The van der Waals surface area contributed by atoms with Crippen LogP contribution in [-0.4, -0.2) is 44.6 Å². The lowest BCUT2D eigenvalue weighted by atomic mass is 10.3. The van der Waals surface area contributed by atoms with Crippen LogP contribution < -0.4 is 9.46 Å². The zero-order valence-corrected chi connectivity index (χ0v) is 11.6. The molecule has 0 atom stereocenters. The number of nitrogens with zero attached hydrogens (tertiary/aromatic N) is 1. The van der Waals surface area contributed by atoms with Crippen molar-refractivity contribution in [2.45, 2.75) is 10.8 Å². The third-order valence-corrected chi connectivity index (χ3v) is 3.82. The van der Waals surface area contributed by atoms with Crippen LogP contribution >= 0.6 is 0 Å². The number of benzene rings is 1. The van der Waals surface area contributed by atoms with Gasteiger partial charge in [0.1, 0.15) is 17.3 Å². The van der Waals surface area contributed by atoms with Crippen LogP contribution in [0.3, 0.4) is 0 Å². The van der Waals surface area contributed by atoms with Crippen molar-refractivity contribution >= 4 is 15.7 Å². The summed E-state index contributed by atoms with van der Waals surface area (Å²) >= 11 is 0. The number of rotatable bonds is 7. The highest BCUT2D eigenvalue weighted by molar-refractivity contribution is 7.89. The van der Waals surface area contributed by atoms with Gasteiger partial charge in [-0.15, -0.1) is 0 Å². The number of nitro groups is 1. The van der Waals surface area contributed by atoms with Gasteiger partial charge in [-0.1, -0.05) is 0 Å². The minimum atomic E-state index is -4.47. The van der Waals surface area contributed by atoms with Crippen molar-refractivity contribution in [2.24, 2.45) is 0 Å².